The number of hydrogen-bond acceptors (Lipinski definition) is 3. The monoisotopic (exact) mass is 273 g/mol. The van der Waals surface area contributed by atoms with Gasteiger partial charge in [-0.05, 0) is 37.1 Å². The Labute approximate surface area is 123 Å². The van der Waals surface area contributed by atoms with E-state index in [1.807, 2.05) is 7.05 Å². The number of piperazine rings is 1. The van der Waals surface area contributed by atoms with Crippen molar-refractivity contribution < 1.29 is 0 Å². The average Bonchev–Trinajstić information content (AvgIpc) is 2.56. The zero-order chi connectivity index (χ0) is 13.8. The van der Waals surface area contributed by atoms with Crippen LogP contribution in [0.25, 0.3) is 0 Å². The molecule has 0 unspecified atom stereocenters. The maximum atomic E-state index is 3.18. The zero-order valence-electron chi connectivity index (χ0n) is 12.6. The van der Waals surface area contributed by atoms with E-state index in [1.54, 1.807) is 0 Å². The van der Waals surface area contributed by atoms with Gasteiger partial charge in [-0.3, -0.25) is 4.90 Å². The first kappa shape index (κ1) is 13.7. The summed E-state index contributed by atoms with van der Waals surface area (Å²) in [6.07, 6.45) is 7.19. The molecule has 1 aromatic rings. The van der Waals surface area contributed by atoms with Gasteiger partial charge in [0.2, 0.25) is 0 Å². The molecule has 0 spiro atoms. The Morgan fingerprint density at radius 1 is 0.900 bits per heavy atom. The molecule has 1 aliphatic carbocycles. The highest BCUT2D eigenvalue weighted by Gasteiger charge is 2.25. The lowest BCUT2D eigenvalue weighted by Crippen LogP contribution is -2.50. The molecule has 20 heavy (non-hydrogen) atoms. The average molecular weight is 273 g/mol. The van der Waals surface area contributed by atoms with Crippen LogP contribution in [0, 0.1) is 0 Å². The highest BCUT2D eigenvalue weighted by atomic mass is 15.3. The standard InChI is InChI=1S/C17H27N3/c1-18-15-7-9-17(10-8-15)20-13-11-19(12-14-20)16-5-3-2-4-6-16/h7-10,16,18H,2-6,11-14H2,1H3. The van der Waals surface area contributed by atoms with E-state index < -0.39 is 0 Å². The number of nitrogens with zero attached hydrogens (tertiary/aromatic N) is 2. The van der Waals surface area contributed by atoms with Gasteiger partial charge in [0, 0.05) is 50.6 Å². The minimum atomic E-state index is 0.873. The lowest BCUT2D eigenvalue weighted by molar-refractivity contribution is 0.148. The van der Waals surface area contributed by atoms with Crippen LogP contribution in [-0.4, -0.2) is 44.2 Å². The van der Waals surface area contributed by atoms with E-state index >= 15 is 0 Å². The van der Waals surface area contributed by atoms with E-state index in [4.69, 9.17) is 0 Å². The number of benzene rings is 1. The SMILES string of the molecule is CNc1ccc(N2CCN(C3CCCCC3)CC2)cc1. The molecule has 0 radical (unpaired) electrons. The van der Waals surface area contributed by atoms with E-state index in [9.17, 15) is 0 Å². The van der Waals surface area contributed by atoms with Gasteiger partial charge in [0.25, 0.3) is 0 Å². The van der Waals surface area contributed by atoms with Crippen molar-refractivity contribution in [3.63, 3.8) is 0 Å². The molecule has 1 N–H and O–H groups in total. The van der Waals surface area contributed by atoms with Crippen molar-refractivity contribution in [2.45, 2.75) is 38.1 Å². The van der Waals surface area contributed by atoms with Crippen molar-refractivity contribution in [1.29, 1.82) is 0 Å². The fourth-order valence-corrected chi connectivity index (χ4v) is 3.63. The van der Waals surface area contributed by atoms with Crippen LogP contribution in [0.3, 0.4) is 0 Å². The quantitative estimate of drug-likeness (QED) is 0.912. The summed E-state index contributed by atoms with van der Waals surface area (Å²) in [5.74, 6) is 0. The first-order valence-corrected chi connectivity index (χ1v) is 8.13. The van der Waals surface area contributed by atoms with Crippen molar-refractivity contribution >= 4 is 11.4 Å². The van der Waals surface area contributed by atoms with Crippen LogP contribution in [0.5, 0.6) is 0 Å². The smallest absolute Gasteiger partial charge is 0.0368 e. The van der Waals surface area contributed by atoms with Crippen LogP contribution in [0.1, 0.15) is 32.1 Å². The second kappa shape index (κ2) is 6.49. The third-order valence-corrected chi connectivity index (χ3v) is 4.93. The predicted octanol–water partition coefficient (Wildman–Crippen LogP) is 3.18. The molecule has 3 heteroatoms. The molecule has 2 fully saturated rings. The second-order valence-corrected chi connectivity index (χ2v) is 6.11. The van der Waals surface area contributed by atoms with Crippen molar-refractivity contribution in [1.82, 2.24) is 4.90 Å². The maximum absolute atomic E-state index is 3.18. The molecule has 1 aliphatic heterocycles. The van der Waals surface area contributed by atoms with Gasteiger partial charge in [0.1, 0.15) is 0 Å². The summed E-state index contributed by atoms with van der Waals surface area (Å²) in [7, 11) is 1.97. The molecular formula is C17H27N3. The maximum Gasteiger partial charge on any atom is 0.0368 e. The van der Waals surface area contributed by atoms with Crippen LogP contribution in [0.4, 0.5) is 11.4 Å². The lowest BCUT2D eigenvalue weighted by Gasteiger charge is -2.41. The van der Waals surface area contributed by atoms with Gasteiger partial charge in [0.15, 0.2) is 0 Å². The number of hydrogen-bond donors (Lipinski definition) is 1. The molecule has 1 saturated heterocycles. The van der Waals surface area contributed by atoms with Crippen molar-refractivity contribution in [2.75, 3.05) is 43.4 Å². The Bertz CT molecular complexity index is 401. The lowest BCUT2D eigenvalue weighted by atomic mass is 9.94. The van der Waals surface area contributed by atoms with E-state index in [0.717, 1.165) is 6.04 Å². The Morgan fingerprint density at radius 2 is 1.55 bits per heavy atom. The topological polar surface area (TPSA) is 18.5 Å². The van der Waals surface area contributed by atoms with Gasteiger partial charge in [-0.1, -0.05) is 19.3 Å². The van der Waals surface area contributed by atoms with E-state index in [0.29, 0.717) is 0 Å². The molecular weight excluding hydrogens is 246 g/mol. The largest absolute Gasteiger partial charge is 0.388 e. The van der Waals surface area contributed by atoms with Crippen molar-refractivity contribution in [3.05, 3.63) is 24.3 Å². The summed E-state index contributed by atoms with van der Waals surface area (Å²) < 4.78 is 0. The number of nitrogens with one attached hydrogen (secondary N) is 1. The molecule has 0 bridgehead atoms. The fourth-order valence-electron chi connectivity index (χ4n) is 3.63. The van der Waals surface area contributed by atoms with Crippen LogP contribution in [0.15, 0.2) is 24.3 Å². The number of anilines is 2. The molecule has 0 amide bonds. The molecule has 110 valence electrons. The summed E-state index contributed by atoms with van der Waals surface area (Å²) in [4.78, 5) is 5.26. The minimum Gasteiger partial charge on any atom is -0.388 e. The van der Waals surface area contributed by atoms with Gasteiger partial charge in [0.05, 0.1) is 0 Å². The molecule has 3 nitrogen and oxygen atoms in total. The Kier molecular flexibility index (Phi) is 4.46. The predicted molar refractivity (Wildman–Crippen MR) is 86.6 cm³/mol. The fraction of sp³-hybridized carbons (Fsp3) is 0.647. The minimum absolute atomic E-state index is 0.873. The normalized spacial score (nSPS) is 21.9. The Balaban J connectivity index is 1.54. The highest BCUT2D eigenvalue weighted by Crippen LogP contribution is 2.25. The van der Waals surface area contributed by atoms with E-state index in [2.05, 4.69) is 39.4 Å². The zero-order valence-corrected chi connectivity index (χ0v) is 12.6. The van der Waals surface area contributed by atoms with E-state index in [1.165, 1.54) is 69.7 Å². The molecule has 1 aromatic carbocycles. The van der Waals surface area contributed by atoms with Gasteiger partial charge in [-0.25, -0.2) is 0 Å². The Morgan fingerprint density at radius 3 is 2.15 bits per heavy atom. The van der Waals surface area contributed by atoms with Crippen LogP contribution < -0.4 is 10.2 Å². The summed E-state index contributed by atoms with van der Waals surface area (Å²) >= 11 is 0. The molecule has 0 aromatic heterocycles. The summed E-state index contributed by atoms with van der Waals surface area (Å²) in [6, 6.07) is 9.69. The van der Waals surface area contributed by atoms with Gasteiger partial charge < -0.3 is 10.2 Å². The molecule has 2 aliphatic rings. The second-order valence-electron chi connectivity index (χ2n) is 6.11. The van der Waals surface area contributed by atoms with Crippen molar-refractivity contribution in [2.24, 2.45) is 0 Å². The summed E-state index contributed by atoms with van der Waals surface area (Å²) in [5.41, 5.74) is 2.56. The first-order valence-electron chi connectivity index (χ1n) is 8.13. The van der Waals surface area contributed by atoms with Crippen LogP contribution >= 0.6 is 0 Å². The molecule has 0 atom stereocenters. The number of rotatable bonds is 3. The summed E-state index contributed by atoms with van der Waals surface area (Å²) in [6.45, 7) is 4.82. The van der Waals surface area contributed by atoms with E-state index in [-0.39, 0.29) is 0 Å². The van der Waals surface area contributed by atoms with Gasteiger partial charge >= 0.3 is 0 Å². The summed E-state index contributed by atoms with van der Waals surface area (Å²) in [5, 5.41) is 3.18. The van der Waals surface area contributed by atoms with Crippen LogP contribution in [0.2, 0.25) is 0 Å². The highest BCUT2D eigenvalue weighted by molar-refractivity contribution is 5.55. The third-order valence-electron chi connectivity index (χ3n) is 4.93. The third kappa shape index (κ3) is 3.09. The van der Waals surface area contributed by atoms with Gasteiger partial charge in [-0.15, -0.1) is 0 Å². The molecule has 1 saturated carbocycles. The first-order chi connectivity index (χ1) is 9.86. The Hall–Kier alpha value is -1.22. The molecule has 1 heterocycles. The van der Waals surface area contributed by atoms with Gasteiger partial charge in [-0.2, -0.15) is 0 Å². The van der Waals surface area contributed by atoms with Crippen LogP contribution in [-0.2, 0) is 0 Å². The molecule has 3 rings (SSSR count). The van der Waals surface area contributed by atoms with Crippen molar-refractivity contribution in [3.8, 4) is 0 Å².